The fourth-order valence-electron chi connectivity index (χ4n) is 2.59. The van der Waals surface area contributed by atoms with Crippen LogP contribution in [0.2, 0.25) is 5.02 Å². The van der Waals surface area contributed by atoms with Crippen LogP contribution in [0.5, 0.6) is 0 Å². The molecule has 3 rings (SSSR count). The lowest BCUT2D eigenvalue weighted by Gasteiger charge is -2.37. The molecule has 104 valence electrons. The van der Waals surface area contributed by atoms with Crippen molar-refractivity contribution in [3.8, 4) is 0 Å². The predicted octanol–water partition coefficient (Wildman–Crippen LogP) is 2.67. The van der Waals surface area contributed by atoms with Crippen molar-refractivity contribution in [3.05, 3.63) is 53.3 Å². The van der Waals surface area contributed by atoms with Gasteiger partial charge in [0, 0.05) is 19.1 Å². The van der Waals surface area contributed by atoms with Crippen molar-refractivity contribution >= 4 is 17.5 Å². The highest BCUT2D eigenvalue weighted by molar-refractivity contribution is 6.30. The zero-order valence-electron chi connectivity index (χ0n) is 11.3. The molecule has 1 saturated heterocycles. The molecule has 20 heavy (non-hydrogen) atoms. The Morgan fingerprint density at radius 2 is 1.85 bits per heavy atom. The lowest BCUT2D eigenvalue weighted by Crippen LogP contribution is -2.51. The summed E-state index contributed by atoms with van der Waals surface area (Å²) in [5.74, 6) is 0.740. The van der Waals surface area contributed by atoms with Gasteiger partial charge in [0.2, 0.25) is 5.95 Å². The van der Waals surface area contributed by atoms with E-state index in [0.717, 1.165) is 19.0 Å². The van der Waals surface area contributed by atoms with E-state index in [1.54, 1.807) is 12.4 Å². The number of hydrogen-bond donors (Lipinski definition) is 1. The van der Waals surface area contributed by atoms with E-state index in [1.807, 2.05) is 6.07 Å². The zero-order valence-corrected chi connectivity index (χ0v) is 12.1. The Labute approximate surface area is 123 Å². The molecule has 0 bridgehead atoms. The number of nitrogens with one attached hydrogen (secondary N) is 1. The third kappa shape index (κ3) is 2.92. The van der Waals surface area contributed by atoms with Crippen molar-refractivity contribution in [2.75, 3.05) is 18.0 Å². The summed E-state index contributed by atoms with van der Waals surface area (Å²) < 4.78 is 0. The van der Waals surface area contributed by atoms with E-state index in [0.29, 0.717) is 17.1 Å². The van der Waals surface area contributed by atoms with Crippen molar-refractivity contribution in [1.29, 1.82) is 0 Å². The Bertz CT molecular complexity index is 558. The quantitative estimate of drug-likeness (QED) is 0.922. The minimum Gasteiger partial charge on any atom is -0.337 e. The van der Waals surface area contributed by atoms with E-state index in [1.165, 1.54) is 5.56 Å². The van der Waals surface area contributed by atoms with E-state index in [4.69, 9.17) is 11.6 Å². The largest absolute Gasteiger partial charge is 0.337 e. The number of benzene rings is 1. The molecule has 0 aliphatic carbocycles. The fraction of sp³-hybridized carbons (Fsp3) is 0.333. The summed E-state index contributed by atoms with van der Waals surface area (Å²) in [7, 11) is 0. The van der Waals surface area contributed by atoms with E-state index in [2.05, 4.69) is 51.4 Å². The number of aromatic nitrogens is 2. The highest BCUT2D eigenvalue weighted by atomic mass is 35.5. The van der Waals surface area contributed by atoms with Gasteiger partial charge in [0.05, 0.1) is 23.5 Å². The van der Waals surface area contributed by atoms with Gasteiger partial charge in [-0.3, -0.25) is 0 Å². The molecule has 1 fully saturated rings. The first kappa shape index (κ1) is 13.3. The van der Waals surface area contributed by atoms with Gasteiger partial charge in [0.15, 0.2) is 0 Å². The molecule has 0 spiro atoms. The third-order valence-corrected chi connectivity index (χ3v) is 3.67. The summed E-state index contributed by atoms with van der Waals surface area (Å²) >= 11 is 5.85. The topological polar surface area (TPSA) is 41.1 Å². The van der Waals surface area contributed by atoms with Crippen LogP contribution in [0, 0.1) is 0 Å². The highest BCUT2D eigenvalue weighted by Crippen LogP contribution is 2.22. The van der Waals surface area contributed by atoms with Crippen LogP contribution in [0.1, 0.15) is 18.5 Å². The molecule has 1 N–H and O–H groups in total. The minimum atomic E-state index is 0.291. The second kappa shape index (κ2) is 5.77. The zero-order chi connectivity index (χ0) is 13.9. The van der Waals surface area contributed by atoms with Crippen LogP contribution >= 0.6 is 11.6 Å². The van der Waals surface area contributed by atoms with Crippen LogP contribution in [0.3, 0.4) is 0 Å². The monoisotopic (exact) mass is 288 g/mol. The number of nitrogens with zero attached hydrogens (tertiary/aromatic N) is 3. The number of piperazine rings is 1. The van der Waals surface area contributed by atoms with Gasteiger partial charge < -0.3 is 10.2 Å². The van der Waals surface area contributed by atoms with Crippen molar-refractivity contribution in [3.63, 3.8) is 0 Å². The Kier molecular flexibility index (Phi) is 3.85. The summed E-state index contributed by atoms with van der Waals surface area (Å²) in [6.45, 7) is 3.93. The second-order valence-corrected chi connectivity index (χ2v) is 5.57. The summed E-state index contributed by atoms with van der Waals surface area (Å²) in [6.07, 6.45) is 3.29. The second-order valence-electron chi connectivity index (χ2n) is 5.14. The highest BCUT2D eigenvalue weighted by Gasteiger charge is 2.26. The molecule has 1 aromatic heterocycles. The van der Waals surface area contributed by atoms with Crippen LogP contribution < -0.4 is 10.2 Å². The SMILES string of the molecule is C[C@@H]1CN(c2ncc(Cl)cn2)C[C@H](c2ccccc2)N1. The van der Waals surface area contributed by atoms with Gasteiger partial charge in [-0.2, -0.15) is 0 Å². The van der Waals surface area contributed by atoms with Gasteiger partial charge in [-0.15, -0.1) is 0 Å². The summed E-state index contributed by atoms with van der Waals surface area (Å²) in [5, 5.41) is 4.19. The lowest BCUT2D eigenvalue weighted by molar-refractivity contribution is 0.392. The molecule has 0 amide bonds. The molecule has 0 radical (unpaired) electrons. The average Bonchev–Trinajstić information content (AvgIpc) is 2.48. The van der Waals surface area contributed by atoms with Crippen molar-refractivity contribution in [1.82, 2.24) is 15.3 Å². The number of rotatable bonds is 2. The van der Waals surface area contributed by atoms with Crippen LogP contribution in [-0.2, 0) is 0 Å². The smallest absolute Gasteiger partial charge is 0.225 e. The average molecular weight is 289 g/mol. The van der Waals surface area contributed by atoms with Gasteiger partial charge in [0.25, 0.3) is 0 Å². The van der Waals surface area contributed by atoms with Crippen LogP contribution in [-0.4, -0.2) is 29.1 Å². The van der Waals surface area contributed by atoms with E-state index in [-0.39, 0.29) is 0 Å². The molecule has 1 aromatic carbocycles. The summed E-state index contributed by atoms with van der Waals surface area (Å²) in [5.41, 5.74) is 1.29. The normalized spacial score (nSPS) is 22.8. The standard InChI is InChI=1S/C15H17ClN4/c1-11-9-20(15-17-7-13(16)8-18-15)10-14(19-11)12-5-3-2-4-6-12/h2-8,11,14,19H,9-10H2,1H3/t11-,14-/m1/s1. The molecule has 1 aliphatic rings. The van der Waals surface area contributed by atoms with E-state index >= 15 is 0 Å². The summed E-state index contributed by atoms with van der Waals surface area (Å²) in [6, 6.07) is 11.1. The first-order chi connectivity index (χ1) is 9.72. The lowest BCUT2D eigenvalue weighted by atomic mass is 10.0. The van der Waals surface area contributed by atoms with E-state index in [9.17, 15) is 0 Å². The van der Waals surface area contributed by atoms with Crippen LogP contribution in [0.4, 0.5) is 5.95 Å². The van der Waals surface area contributed by atoms with Gasteiger partial charge in [0.1, 0.15) is 0 Å². The molecule has 0 unspecified atom stereocenters. The molecular weight excluding hydrogens is 272 g/mol. The Hall–Kier alpha value is -1.65. The van der Waals surface area contributed by atoms with E-state index < -0.39 is 0 Å². The predicted molar refractivity (Wildman–Crippen MR) is 81.0 cm³/mol. The Morgan fingerprint density at radius 1 is 1.15 bits per heavy atom. The maximum Gasteiger partial charge on any atom is 0.225 e. The van der Waals surface area contributed by atoms with Gasteiger partial charge in [-0.05, 0) is 12.5 Å². The third-order valence-electron chi connectivity index (χ3n) is 3.47. The van der Waals surface area contributed by atoms with Crippen LogP contribution in [0.25, 0.3) is 0 Å². The molecule has 0 saturated carbocycles. The Balaban J connectivity index is 1.81. The fourth-order valence-corrected chi connectivity index (χ4v) is 2.69. The number of hydrogen-bond acceptors (Lipinski definition) is 4. The maximum absolute atomic E-state index is 5.85. The molecule has 5 heteroatoms. The number of anilines is 1. The van der Waals surface area contributed by atoms with Gasteiger partial charge in [-0.1, -0.05) is 41.9 Å². The molecule has 2 heterocycles. The summed E-state index contributed by atoms with van der Waals surface area (Å²) in [4.78, 5) is 10.8. The molecule has 2 atom stereocenters. The molecule has 2 aromatic rings. The van der Waals surface area contributed by atoms with Crippen molar-refractivity contribution in [2.45, 2.75) is 19.0 Å². The molecular formula is C15H17ClN4. The number of halogens is 1. The van der Waals surface area contributed by atoms with Crippen molar-refractivity contribution in [2.24, 2.45) is 0 Å². The van der Waals surface area contributed by atoms with Gasteiger partial charge >= 0.3 is 0 Å². The molecule has 1 aliphatic heterocycles. The maximum atomic E-state index is 5.85. The van der Waals surface area contributed by atoms with Crippen LogP contribution in [0.15, 0.2) is 42.7 Å². The van der Waals surface area contributed by atoms with Gasteiger partial charge in [-0.25, -0.2) is 9.97 Å². The minimum absolute atomic E-state index is 0.291. The first-order valence-corrected chi connectivity index (χ1v) is 7.13. The van der Waals surface area contributed by atoms with Crippen molar-refractivity contribution < 1.29 is 0 Å². The first-order valence-electron chi connectivity index (χ1n) is 6.76. The molecule has 4 nitrogen and oxygen atoms in total. The Morgan fingerprint density at radius 3 is 2.55 bits per heavy atom.